The first-order valence-corrected chi connectivity index (χ1v) is 11.1. The van der Waals surface area contributed by atoms with Crippen molar-refractivity contribution in [1.29, 1.82) is 5.26 Å². The fraction of sp³-hybridized carbons (Fsp3) is 0.391. The van der Waals surface area contributed by atoms with Crippen molar-refractivity contribution in [2.45, 2.75) is 45.4 Å². The van der Waals surface area contributed by atoms with E-state index in [1.54, 1.807) is 12.1 Å². The number of fused-ring (bicyclic) bond motifs is 1. The van der Waals surface area contributed by atoms with E-state index in [9.17, 15) is 19.6 Å². The van der Waals surface area contributed by atoms with Crippen LogP contribution in [0.2, 0.25) is 0 Å². The number of benzene rings is 1. The molecule has 0 atom stereocenters. The molecule has 2 amide bonds. The Morgan fingerprint density at radius 3 is 2.71 bits per heavy atom. The second-order valence-electron chi connectivity index (χ2n) is 7.41. The van der Waals surface area contributed by atoms with Crippen LogP contribution in [0.25, 0.3) is 0 Å². The van der Waals surface area contributed by atoms with E-state index in [1.165, 1.54) is 11.3 Å². The molecule has 1 heterocycles. The van der Waals surface area contributed by atoms with Gasteiger partial charge in [0.15, 0.2) is 6.61 Å². The SMILES string of the molecule is Cc1ccccc1C(=O)NCCC(=O)OCC(=O)Nc1sc2c(c1C#N)CCCCC2. The molecule has 7 nitrogen and oxygen atoms in total. The van der Waals surface area contributed by atoms with Crippen LogP contribution in [0.1, 0.15) is 57.6 Å². The third-order valence-electron chi connectivity index (χ3n) is 5.15. The number of carbonyl (C=O) groups is 3. The van der Waals surface area contributed by atoms with Crippen LogP contribution in [0.3, 0.4) is 0 Å². The van der Waals surface area contributed by atoms with Gasteiger partial charge in [0.1, 0.15) is 11.1 Å². The molecule has 0 saturated heterocycles. The van der Waals surface area contributed by atoms with E-state index in [2.05, 4.69) is 16.7 Å². The summed E-state index contributed by atoms with van der Waals surface area (Å²) in [7, 11) is 0. The van der Waals surface area contributed by atoms with Crippen molar-refractivity contribution in [2.24, 2.45) is 0 Å². The van der Waals surface area contributed by atoms with Crippen molar-refractivity contribution in [3.63, 3.8) is 0 Å². The van der Waals surface area contributed by atoms with Gasteiger partial charge in [0.2, 0.25) is 0 Å². The average molecular weight is 440 g/mol. The number of esters is 1. The monoisotopic (exact) mass is 439 g/mol. The molecule has 0 spiro atoms. The maximum Gasteiger partial charge on any atom is 0.308 e. The normalized spacial score (nSPS) is 12.8. The lowest BCUT2D eigenvalue weighted by Gasteiger charge is -2.08. The lowest BCUT2D eigenvalue weighted by atomic mass is 10.1. The number of anilines is 1. The Hall–Kier alpha value is -3.18. The van der Waals surface area contributed by atoms with Gasteiger partial charge in [-0.2, -0.15) is 5.26 Å². The number of amides is 2. The maximum absolute atomic E-state index is 12.2. The minimum absolute atomic E-state index is 0.0400. The van der Waals surface area contributed by atoms with E-state index in [-0.39, 0.29) is 18.9 Å². The Labute approximate surface area is 185 Å². The molecule has 0 fully saturated rings. The molecule has 1 aliphatic carbocycles. The van der Waals surface area contributed by atoms with Gasteiger partial charge in [-0.1, -0.05) is 24.6 Å². The number of ether oxygens (including phenoxy) is 1. The molecular formula is C23H25N3O4S. The zero-order valence-corrected chi connectivity index (χ0v) is 18.3. The first-order valence-electron chi connectivity index (χ1n) is 10.3. The van der Waals surface area contributed by atoms with E-state index in [1.807, 2.05) is 19.1 Å². The third-order valence-corrected chi connectivity index (χ3v) is 6.36. The highest BCUT2D eigenvalue weighted by molar-refractivity contribution is 7.16. The number of rotatable bonds is 7. The molecule has 31 heavy (non-hydrogen) atoms. The number of thiophene rings is 1. The Kier molecular flexibility index (Phi) is 7.79. The summed E-state index contributed by atoms with van der Waals surface area (Å²) in [5.74, 6) is -1.32. The lowest BCUT2D eigenvalue weighted by Crippen LogP contribution is -2.28. The van der Waals surface area contributed by atoms with Gasteiger partial charge in [0, 0.05) is 17.0 Å². The average Bonchev–Trinajstić information content (AvgIpc) is 2.91. The minimum Gasteiger partial charge on any atom is -0.456 e. The van der Waals surface area contributed by atoms with Crippen LogP contribution < -0.4 is 10.6 Å². The van der Waals surface area contributed by atoms with Crippen LogP contribution in [-0.2, 0) is 27.2 Å². The highest BCUT2D eigenvalue weighted by Gasteiger charge is 2.21. The lowest BCUT2D eigenvalue weighted by molar-refractivity contribution is -0.147. The first kappa shape index (κ1) is 22.5. The van der Waals surface area contributed by atoms with Crippen LogP contribution in [0.15, 0.2) is 24.3 Å². The summed E-state index contributed by atoms with van der Waals surface area (Å²) in [4.78, 5) is 37.4. The molecule has 2 aromatic rings. The minimum atomic E-state index is -0.581. The number of carbonyl (C=O) groups excluding carboxylic acids is 3. The van der Waals surface area contributed by atoms with Gasteiger partial charge in [0.05, 0.1) is 12.0 Å². The number of nitrogens with zero attached hydrogens (tertiary/aromatic N) is 1. The van der Waals surface area contributed by atoms with Crippen molar-refractivity contribution in [3.8, 4) is 6.07 Å². The fourth-order valence-corrected chi connectivity index (χ4v) is 4.79. The van der Waals surface area contributed by atoms with Gasteiger partial charge in [-0.05, 0) is 49.8 Å². The van der Waals surface area contributed by atoms with Crippen molar-refractivity contribution in [2.75, 3.05) is 18.5 Å². The number of nitriles is 1. The predicted octanol–water partition coefficient (Wildman–Crippen LogP) is 3.50. The Morgan fingerprint density at radius 1 is 1.16 bits per heavy atom. The zero-order chi connectivity index (χ0) is 22.2. The summed E-state index contributed by atoms with van der Waals surface area (Å²) < 4.78 is 5.00. The van der Waals surface area contributed by atoms with Crippen molar-refractivity contribution in [1.82, 2.24) is 5.32 Å². The molecule has 1 aromatic carbocycles. The number of aryl methyl sites for hydroxylation is 2. The van der Waals surface area contributed by atoms with E-state index in [4.69, 9.17) is 4.74 Å². The van der Waals surface area contributed by atoms with Crippen LogP contribution in [-0.4, -0.2) is 30.9 Å². The zero-order valence-electron chi connectivity index (χ0n) is 17.5. The molecule has 0 unspecified atom stereocenters. The second-order valence-corrected chi connectivity index (χ2v) is 8.52. The molecule has 0 saturated carbocycles. The van der Waals surface area contributed by atoms with E-state index in [0.29, 0.717) is 16.1 Å². The highest BCUT2D eigenvalue weighted by atomic mass is 32.1. The molecule has 0 bridgehead atoms. The van der Waals surface area contributed by atoms with Gasteiger partial charge in [-0.25, -0.2) is 0 Å². The molecular weight excluding hydrogens is 414 g/mol. The van der Waals surface area contributed by atoms with E-state index >= 15 is 0 Å². The molecule has 162 valence electrons. The molecule has 1 aliphatic rings. The maximum atomic E-state index is 12.2. The molecule has 2 N–H and O–H groups in total. The quantitative estimate of drug-likeness (QED) is 0.507. The van der Waals surface area contributed by atoms with Gasteiger partial charge in [-0.15, -0.1) is 11.3 Å². The number of hydrogen-bond donors (Lipinski definition) is 2. The van der Waals surface area contributed by atoms with Crippen molar-refractivity contribution >= 4 is 34.1 Å². The smallest absolute Gasteiger partial charge is 0.308 e. The predicted molar refractivity (Wildman–Crippen MR) is 118 cm³/mol. The van der Waals surface area contributed by atoms with Crippen LogP contribution in [0.4, 0.5) is 5.00 Å². The second kappa shape index (κ2) is 10.7. The highest BCUT2D eigenvalue weighted by Crippen LogP contribution is 2.36. The Morgan fingerprint density at radius 2 is 1.94 bits per heavy atom. The van der Waals surface area contributed by atoms with Gasteiger partial charge in [-0.3, -0.25) is 14.4 Å². The van der Waals surface area contributed by atoms with Crippen molar-refractivity contribution < 1.29 is 19.1 Å². The van der Waals surface area contributed by atoms with Gasteiger partial charge in [0.25, 0.3) is 11.8 Å². The number of hydrogen-bond acceptors (Lipinski definition) is 6. The summed E-state index contributed by atoms with van der Waals surface area (Å²) in [6.07, 6.45) is 5.02. The summed E-state index contributed by atoms with van der Waals surface area (Å²) in [5, 5.41) is 15.4. The standard InChI is InChI=1S/C23H25N3O4S/c1-15-7-5-6-8-16(15)22(29)25-12-11-21(28)30-14-20(27)26-23-18(13-24)17-9-3-2-4-10-19(17)31-23/h5-8H,2-4,9-12,14H2,1H3,(H,25,29)(H,26,27). The fourth-order valence-electron chi connectivity index (χ4n) is 3.53. The summed E-state index contributed by atoms with van der Waals surface area (Å²) in [6.45, 7) is 1.52. The topological polar surface area (TPSA) is 108 Å². The number of nitrogens with one attached hydrogen (secondary N) is 2. The largest absolute Gasteiger partial charge is 0.456 e. The summed E-state index contributed by atoms with van der Waals surface area (Å²) >= 11 is 1.44. The first-order chi connectivity index (χ1) is 15.0. The summed E-state index contributed by atoms with van der Waals surface area (Å²) in [6, 6.07) is 9.38. The Bertz CT molecular complexity index is 1020. The third kappa shape index (κ3) is 5.92. The van der Waals surface area contributed by atoms with Crippen LogP contribution >= 0.6 is 11.3 Å². The van der Waals surface area contributed by atoms with Gasteiger partial charge < -0.3 is 15.4 Å². The molecule has 0 aliphatic heterocycles. The molecule has 0 radical (unpaired) electrons. The van der Waals surface area contributed by atoms with E-state index < -0.39 is 18.5 Å². The van der Waals surface area contributed by atoms with Crippen LogP contribution in [0, 0.1) is 18.3 Å². The molecule has 3 rings (SSSR count). The molecule has 1 aromatic heterocycles. The van der Waals surface area contributed by atoms with Gasteiger partial charge >= 0.3 is 5.97 Å². The van der Waals surface area contributed by atoms with Crippen molar-refractivity contribution in [3.05, 3.63) is 51.4 Å². The Balaban J connectivity index is 1.44. The van der Waals surface area contributed by atoms with E-state index in [0.717, 1.165) is 48.1 Å². The van der Waals surface area contributed by atoms with Crippen LogP contribution in [0.5, 0.6) is 0 Å². The molecule has 8 heteroatoms. The summed E-state index contributed by atoms with van der Waals surface area (Å²) in [5.41, 5.74) is 2.97.